The third-order valence-corrected chi connectivity index (χ3v) is 4.52. The summed E-state index contributed by atoms with van der Waals surface area (Å²) >= 11 is 0. The van der Waals surface area contributed by atoms with Crippen LogP contribution in [0.15, 0.2) is 24.3 Å². The molecule has 2 aliphatic rings. The molecule has 6 heteroatoms. The van der Waals surface area contributed by atoms with Gasteiger partial charge in [-0.2, -0.15) is 0 Å². The van der Waals surface area contributed by atoms with Crippen molar-refractivity contribution in [1.82, 2.24) is 14.7 Å². The topological polar surface area (TPSA) is 64.1 Å². The monoisotopic (exact) mass is 303 g/mol. The highest BCUT2D eigenvalue weighted by Gasteiger charge is 2.38. The molecule has 1 N–H and O–H groups in total. The Bertz CT molecular complexity index is 573. The average Bonchev–Trinajstić information content (AvgIpc) is 2.53. The van der Waals surface area contributed by atoms with Crippen LogP contribution < -0.4 is 0 Å². The number of carbonyl (C=O) groups is 2. The van der Waals surface area contributed by atoms with Crippen LogP contribution in [0.3, 0.4) is 0 Å². The van der Waals surface area contributed by atoms with E-state index in [9.17, 15) is 14.7 Å². The average molecular weight is 303 g/mol. The van der Waals surface area contributed by atoms with Crippen LogP contribution in [0.1, 0.15) is 5.56 Å². The van der Waals surface area contributed by atoms with Crippen molar-refractivity contribution in [2.45, 2.75) is 12.5 Å². The summed E-state index contributed by atoms with van der Waals surface area (Å²) in [7, 11) is 1.82. The predicted molar refractivity (Wildman–Crippen MR) is 81.4 cm³/mol. The second-order valence-electron chi connectivity index (χ2n) is 5.99. The number of phenolic OH excluding ortho intramolecular Hbond substituents is 1. The van der Waals surface area contributed by atoms with Crippen molar-refractivity contribution < 1.29 is 14.7 Å². The molecule has 2 amide bonds. The molecule has 118 valence electrons. The Morgan fingerprint density at radius 1 is 1.18 bits per heavy atom. The van der Waals surface area contributed by atoms with Crippen LogP contribution in [-0.2, 0) is 16.0 Å². The SMILES string of the molecule is CN1CCN2CCN(C(=O)Cc3ccc(O)cc3)C[C@H]2C1=O. The minimum absolute atomic E-state index is 0.0337. The van der Waals surface area contributed by atoms with Crippen LogP contribution in [0.25, 0.3) is 0 Å². The van der Waals surface area contributed by atoms with Gasteiger partial charge in [0.25, 0.3) is 0 Å². The van der Waals surface area contributed by atoms with Crippen molar-refractivity contribution >= 4 is 11.8 Å². The van der Waals surface area contributed by atoms with Gasteiger partial charge in [0.1, 0.15) is 11.8 Å². The molecule has 2 aliphatic heterocycles. The van der Waals surface area contributed by atoms with E-state index < -0.39 is 0 Å². The fourth-order valence-corrected chi connectivity index (χ4v) is 3.09. The van der Waals surface area contributed by atoms with E-state index in [1.807, 2.05) is 7.05 Å². The molecule has 2 saturated heterocycles. The highest BCUT2D eigenvalue weighted by atomic mass is 16.3. The number of hydrogen-bond acceptors (Lipinski definition) is 4. The number of hydrogen-bond donors (Lipinski definition) is 1. The Morgan fingerprint density at radius 2 is 1.86 bits per heavy atom. The first kappa shape index (κ1) is 14.8. The van der Waals surface area contributed by atoms with Crippen molar-refractivity contribution in [1.29, 1.82) is 0 Å². The second-order valence-corrected chi connectivity index (χ2v) is 5.99. The minimum Gasteiger partial charge on any atom is -0.508 e. The van der Waals surface area contributed by atoms with E-state index in [1.165, 1.54) is 0 Å². The number of rotatable bonds is 2. The fraction of sp³-hybridized carbons (Fsp3) is 0.500. The van der Waals surface area contributed by atoms with E-state index in [2.05, 4.69) is 4.90 Å². The molecule has 1 atom stereocenters. The predicted octanol–water partition coefficient (Wildman–Crippen LogP) is -0.0805. The smallest absolute Gasteiger partial charge is 0.241 e. The number of piperazine rings is 2. The highest BCUT2D eigenvalue weighted by molar-refractivity contribution is 5.85. The Morgan fingerprint density at radius 3 is 2.59 bits per heavy atom. The number of nitrogens with zero attached hydrogens (tertiary/aromatic N) is 3. The number of carbonyl (C=O) groups excluding carboxylic acids is 2. The van der Waals surface area contributed by atoms with Crippen LogP contribution in [0.5, 0.6) is 5.75 Å². The van der Waals surface area contributed by atoms with Gasteiger partial charge in [-0.1, -0.05) is 12.1 Å². The number of benzene rings is 1. The molecule has 0 aliphatic carbocycles. The molecule has 0 bridgehead atoms. The molecule has 1 aromatic carbocycles. The molecule has 0 radical (unpaired) electrons. The molecule has 0 spiro atoms. The third kappa shape index (κ3) is 2.92. The van der Waals surface area contributed by atoms with Gasteiger partial charge in [0, 0.05) is 39.8 Å². The number of fused-ring (bicyclic) bond motifs is 1. The van der Waals surface area contributed by atoms with E-state index in [1.54, 1.807) is 34.1 Å². The number of likely N-dealkylation sites (N-methyl/N-ethyl adjacent to an activating group) is 1. The zero-order valence-corrected chi connectivity index (χ0v) is 12.7. The molecule has 22 heavy (non-hydrogen) atoms. The maximum atomic E-state index is 12.4. The normalized spacial score (nSPS) is 22.6. The summed E-state index contributed by atoms with van der Waals surface area (Å²) in [5, 5.41) is 9.28. The Labute approximate surface area is 129 Å². The van der Waals surface area contributed by atoms with Gasteiger partial charge in [0.05, 0.1) is 6.42 Å². The Kier molecular flexibility index (Phi) is 4.02. The molecule has 1 aromatic rings. The van der Waals surface area contributed by atoms with Crippen molar-refractivity contribution in [2.75, 3.05) is 39.8 Å². The van der Waals surface area contributed by atoms with Gasteiger partial charge in [-0.3, -0.25) is 14.5 Å². The lowest BCUT2D eigenvalue weighted by Gasteiger charge is -2.45. The van der Waals surface area contributed by atoms with Crippen LogP contribution in [-0.4, -0.2) is 77.4 Å². The quantitative estimate of drug-likeness (QED) is 0.830. The standard InChI is InChI=1S/C16H21N3O3/c1-17-6-7-18-8-9-19(11-14(18)16(17)22)15(21)10-12-2-4-13(20)5-3-12/h2-5,14,20H,6-11H2,1H3/t14-/m0/s1. The summed E-state index contributed by atoms with van der Waals surface area (Å²) < 4.78 is 0. The molecule has 0 unspecified atom stereocenters. The lowest BCUT2D eigenvalue weighted by Crippen LogP contribution is -2.64. The molecule has 6 nitrogen and oxygen atoms in total. The zero-order chi connectivity index (χ0) is 15.7. The minimum atomic E-state index is -0.198. The third-order valence-electron chi connectivity index (χ3n) is 4.52. The zero-order valence-electron chi connectivity index (χ0n) is 12.7. The highest BCUT2D eigenvalue weighted by Crippen LogP contribution is 2.17. The Balaban J connectivity index is 1.64. The van der Waals surface area contributed by atoms with E-state index in [4.69, 9.17) is 0 Å². The summed E-state index contributed by atoms with van der Waals surface area (Å²) in [5.74, 6) is 0.334. The number of phenols is 1. The summed E-state index contributed by atoms with van der Waals surface area (Å²) in [6, 6.07) is 6.48. The fourth-order valence-electron chi connectivity index (χ4n) is 3.09. The van der Waals surface area contributed by atoms with Gasteiger partial charge in [-0.25, -0.2) is 0 Å². The van der Waals surface area contributed by atoms with E-state index in [0.29, 0.717) is 19.5 Å². The molecular formula is C16H21N3O3. The molecule has 2 heterocycles. The molecular weight excluding hydrogens is 282 g/mol. The summed E-state index contributed by atoms with van der Waals surface area (Å²) in [6.07, 6.45) is 0.303. The maximum absolute atomic E-state index is 12.4. The van der Waals surface area contributed by atoms with Crippen molar-refractivity contribution in [2.24, 2.45) is 0 Å². The van der Waals surface area contributed by atoms with E-state index in [-0.39, 0.29) is 23.6 Å². The molecule has 3 rings (SSSR count). The van der Waals surface area contributed by atoms with Crippen LogP contribution in [0.4, 0.5) is 0 Å². The van der Waals surface area contributed by atoms with Gasteiger partial charge < -0.3 is 14.9 Å². The molecule has 0 aromatic heterocycles. The maximum Gasteiger partial charge on any atom is 0.241 e. The first-order valence-corrected chi connectivity index (χ1v) is 7.59. The van der Waals surface area contributed by atoms with Crippen molar-refractivity contribution in [3.63, 3.8) is 0 Å². The first-order chi connectivity index (χ1) is 10.5. The van der Waals surface area contributed by atoms with Crippen LogP contribution >= 0.6 is 0 Å². The lowest BCUT2D eigenvalue weighted by atomic mass is 10.1. The number of amides is 2. The first-order valence-electron chi connectivity index (χ1n) is 7.59. The van der Waals surface area contributed by atoms with Crippen molar-refractivity contribution in [3.05, 3.63) is 29.8 Å². The summed E-state index contributed by atoms with van der Waals surface area (Å²) in [4.78, 5) is 30.4. The second kappa shape index (κ2) is 5.96. The van der Waals surface area contributed by atoms with Crippen LogP contribution in [0.2, 0.25) is 0 Å². The van der Waals surface area contributed by atoms with E-state index >= 15 is 0 Å². The van der Waals surface area contributed by atoms with E-state index in [0.717, 1.165) is 25.2 Å². The van der Waals surface area contributed by atoms with Gasteiger partial charge in [0.15, 0.2) is 0 Å². The molecule has 2 fully saturated rings. The lowest BCUT2D eigenvalue weighted by molar-refractivity contribution is -0.147. The van der Waals surface area contributed by atoms with Gasteiger partial charge in [0.2, 0.25) is 11.8 Å². The molecule has 0 saturated carbocycles. The van der Waals surface area contributed by atoms with Gasteiger partial charge in [-0.05, 0) is 17.7 Å². The summed E-state index contributed by atoms with van der Waals surface area (Å²) in [5.41, 5.74) is 0.873. The Hall–Kier alpha value is -2.08. The van der Waals surface area contributed by atoms with Gasteiger partial charge >= 0.3 is 0 Å². The number of aromatic hydroxyl groups is 1. The largest absolute Gasteiger partial charge is 0.508 e. The summed E-state index contributed by atoms with van der Waals surface area (Å²) in [6.45, 7) is 3.54. The van der Waals surface area contributed by atoms with Crippen molar-refractivity contribution in [3.8, 4) is 5.75 Å². The van der Waals surface area contributed by atoms with Crippen LogP contribution in [0, 0.1) is 0 Å². The van der Waals surface area contributed by atoms with Gasteiger partial charge in [-0.15, -0.1) is 0 Å².